The van der Waals surface area contributed by atoms with E-state index >= 15 is 0 Å². The summed E-state index contributed by atoms with van der Waals surface area (Å²) in [6.45, 7) is 9.32. The molecule has 0 saturated heterocycles. The van der Waals surface area contributed by atoms with Crippen LogP contribution < -0.4 is 4.74 Å². The Balaban J connectivity index is 2.27. The Bertz CT molecular complexity index is 840. The molecule has 0 radical (unpaired) electrons. The lowest BCUT2D eigenvalue weighted by molar-refractivity contribution is -0.140. The number of carbonyl (C=O) groups excluding carboxylic acids is 1. The highest BCUT2D eigenvalue weighted by Crippen LogP contribution is 2.45. The normalized spacial score (nSPS) is 19.2. The van der Waals surface area contributed by atoms with Crippen LogP contribution in [0.5, 0.6) is 11.5 Å². The average molecular weight is 409 g/mol. The van der Waals surface area contributed by atoms with E-state index in [1.54, 1.807) is 13.8 Å². The Hall–Kier alpha value is -2.57. The topological polar surface area (TPSA) is 58.9 Å². The summed E-state index contributed by atoms with van der Waals surface area (Å²) in [6, 6.07) is 2.30. The predicted octanol–water partition coefficient (Wildman–Crippen LogP) is 5.61. The van der Waals surface area contributed by atoms with Crippen molar-refractivity contribution in [2.45, 2.75) is 39.8 Å². The largest absolute Gasteiger partial charge is 0.506 e. The standard InChI is InChI=1S/C22H26F3NO3/c1-14(2)11-17(27)16-5-6-18(19(20(16)28)22(23,24)25)29-13-21(3)9-7-15(8-10-21)12-26-4/h5-9,14,28H,4,10-13H2,1-3H3. The number of rotatable bonds is 8. The van der Waals surface area contributed by atoms with Crippen LogP contribution in [0.4, 0.5) is 13.2 Å². The van der Waals surface area contributed by atoms with Crippen LogP contribution in [0.1, 0.15) is 49.5 Å². The zero-order valence-electron chi connectivity index (χ0n) is 16.8. The number of allylic oxidation sites excluding steroid dienone is 1. The number of hydrogen-bond donors (Lipinski definition) is 1. The minimum atomic E-state index is -4.86. The summed E-state index contributed by atoms with van der Waals surface area (Å²) in [4.78, 5) is 16.0. The van der Waals surface area contributed by atoms with Gasteiger partial charge >= 0.3 is 6.18 Å². The van der Waals surface area contributed by atoms with Crippen LogP contribution in [-0.4, -0.2) is 30.8 Å². The first-order valence-corrected chi connectivity index (χ1v) is 9.37. The Morgan fingerprint density at radius 1 is 1.38 bits per heavy atom. The molecule has 1 atom stereocenters. The van der Waals surface area contributed by atoms with Gasteiger partial charge in [0.15, 0.2) is 5.78 Å². The molecular formula is C22H26F3NO3. The molecule has 0 bridgehead atoms. The van der Waals surface area contributed by atoms with E-state index in [9.17, 15) is 23.1 Å². The van der Waals surface area contributed by atoms with Gasteiger partial charge in [-0.25, -0.2) is 0 Å². The maximum absolute atomic E-state index is 13.6. The lowest BCUT2D eigenvalue weighted by Crippen LogP contribution is -2.25. The molecule has 158 valence electrons. The molecule has 1 N–H and O–H groups in total. The lowest BCUT2D eigenvalue weighted by atomic mass is 9.82. The third-order valence-corrected chi connectivity index (χ3v) is 4.70. The highest BCUT2D eigenvalue weighted by Gasteiger charge is 2.40. The third-order valence-electron chi connectivity index (χ3n) is 4.70. The third kappa shape index (κ3) is 5.71. The van der Waals surface area contributed by atoms with Crippen molar-refractivity contribution < 1.29 is 27.8 Å². The monoisotopic (exact) mass is 409 g/mol. The second-order valence-corrected chi connectivity index (χ2v) is 7.99. The molecule has 1 aromatic carbocycles. The fraction of sp³-hybridized carbons (Fsp3) is 0.455. The number of nitrogens with zero attached hydrogens (tertiary/aromatic N) is 1. The van der Waals surface area contributed by atoms with E-state index in [2.05, 4.69) is 11.7 Å². The molecule has 0 amide bonds. The SMILES string of the molecule is C=NCC1=CCC(C)(COc2ccc(C(=O)CC(C)C)c(O)c2C(F)(F)F)C=C1. The molecule has 1 aromatic rings. The molecule has 7 heteroatoms. The zero-order chi connectivity index (χ0) is 21.8. The fourth-order valence-corrected chi connectivity index (χ4v) is 3.08. The number of phenols is 1. The zero-order valence-corrected chi connectivity index (χ0v) is 16.8. The Labute approximate surface area is 168 Å². The maximum Gasteiger partial charge on any atom is 0.423 e. The molecular weight excluding hydrogens is 383 g/mol. The van der Waals surface area contributed by atoms with Crippen LogP contribution in [-0.2, 0) is 6.18 Å². The highest BCUT2D eigenvalue weighted by molar-refractivity contribution is 5.99. The summed E-state index contributed by atoms with van der Waals surface area (Å²) in [5.41, 5.74) is -1.18. The van der Waals surface area contributed by atoms with Gasteiger partial charge in [-0.15, -0.1) is 0 Å². The molecule has 4 nitrogen and oxygen atoms in total. The molecule has 29 heavy (non-hydrogen) atoms. The van der Waals surface area contributed by atoms with Crippen LogP contribution in [0.2, 0.25) is 0 Å². The van der Waals surface area contributed by atoms with Gasteiger partial charge in [0.25, 0.3) is 0 Å². The van der Waals surface area contributed by atoms with Crippen LogP contribution in [0.3, 0.4) is 0 Å². The van der Waals surface area contributed by atoms with Crippen molar-refractivity contribution in [3.05, 3.63) is 47.1 Å². The van der Waals surface area contributed by atoms with E-state index in [4.69, 9.17) is 4.74 Å². The van der Waals surface area contributed by atoms with Crippen molar-refractivity contribution in [2.75, 3.05) is 13.2 Å². The number of ether oxygens (including phenoxy) is 1. The lowest BCUT2D eigenvalue weighted by Gasteiger charge is -2.28. The molecule has 0 spiro atoms. The van der Waals surface area contributed by atoms with E-state index in [0.29, 0.717) is 13.0 Å². The first-order valence-electron chi connectivity index (χ1n) is 9.37. The van der Waals surface area contributed by atoms with Gasteiger partial charge in [0, 0.05) is 11.8 Å². The molecule has 2 rings (SSSR count). The van der Waals surface area contributed by atoms with Crippen LogP contribution in [0, 0.1) is 11.3 Å². The number of aromatic hydroxyl groups is 1. The smallest absolute Gasteiger partial charge is 0.423 e. The number of halogens is 3. The summed E-state index contributed by atoms with van der Waals surface area (Å²) in [5.74, 6) is -2.15. The molecule has 1 unspecified atom stereocenters. The van der Waals surface area contributed by atoms with E-state index in [-0.39, 0.29) is 24.5 Å². The van der Waals surface area contributed by atoms with Crippen molar-refractivity contribution in [1.29, 1.82) is 0 Å². The second-order valence-electron chi connectivity index (χ2n) is 7.99. The van der Waals surface area contributed by atoms with Crippen molar-refractivity contribution in [3.8, 4) is 11.5 Å². The number of ketones is 1. The first-order chi connectivity index (χ1) is 13.5. The molecule has 0 aliphatic heterocycles. The van der Waals surface area contributed by atoms with Gasteiger partial charge in [-0.2, -0.15) is 13.2 Å². The number of hydrogen-bond acceptors (Lipinski definition) is 4. The van der Waals surface area contributed by atoms with E-state index in [1.807, 2.05) is 25.2 Å². The van der Waals surface area contributed by atoms with Crippen LogP contribution in [0.15, 0.2) is 40.9 Å². The van der Waals surface area contributed by atoms with Gasteiger partial charge < -0.3 is 9.84 Å². The molecule has 1 aliphatic carbocycles. The number of Topliss-reactive ketones (excluding diaryl/α,β-unsaturated/α-hetero) is 1. The summed E-state index contributed by atoms with van der Waals surface area (Å²) in [5, 5.41) is 10.2. The summed E-state index contributed by atoms with van der Waals surface area (Å²) in [6.07, 6.45) is 1.45. The summed E-state index contributed by atoms with van der Waals surface area (Å²) >= 11 is 0. The average Bonchev–Trinajstić information content (AvgIpc) is 2.60. The quantitative estimate of drug-likeness (QED) is 0.448. The van der Waals surface area contributed by atoms with Gasteiger partial charge in [0.2, 0.25) is 0 Å². The van der Waals surface area contributed by atoms with E-state index in [1.165, 1.54) is 6.07 Å². The summed E-state index contributed by atoms with van der Waals surface area (Å²) in [7, 11) is 0. The van der Waals surface area contributed by atoms with Gasteiger partial charge in [-0.05, 0) is 36.8 Å². The highest BCUT2D eigenvalue weighted by atomic mass is 19.4. The Morgan fingerprint density at radius 3 is 2.59 bits per heavy atom. The molecule has 0 aromatic heterocycles. The van der Waals surface area contributed by atoms with Crippen molar-refractivity contribution in [3.63, 3.8) is 0 Å². The minimum absolute atomic E-state index is 0.0173. The van der Waals surface area contributed by atoms with Gasteiger partial charge in [0.1, 0.15) is 17.1 Å². The predicted molar refractivity (Wildman–Crippen MR) is 107 cm³/mol. The molecule has 0 fully saturated rings. The maximum atomic E-state index is 13.6. The van der Waals surface area contributed by atoms with Gasteiger partial charge in [-0.1, -0.05) is 39.0 Å². The van der Waals surface area contributed by atoms with Crippen LogP contribution >= 0.6 is 0 Å². The number of aliphatic imine (C=N–C) groups is 1. The molecule has 0 saturated carbocycles. The summed E-state index contributed by atoms with van der Waals surface area (Å²) < 4.78 is 46.4. The first kappa shape index (κ1) is 22.7. The number of phenolic OH excluding ortho intramolecular Hbond substituents is 1. The van der Waals surface area contributed by atoms with Gasteiger partial charge in [-0.3, -0.25) is 9.79 Å². The van der Waals surface area contributed by atoms with E-state index < -0.39 is 34.4 Å². The molecule has 1 aliphatic rings. The fourth-order valence-electron chi connectivity index (χ4n) is 3.08. The number of benzene rings is 1. The Morgan fingerprint density at radius 2 is 2.07 bits per heavy atom. The Kier molecular flexibility index (Phi) is 6.93. The van der Waals surface area contributed by atoms with Gasteiger partial charge in [0.05, 0.1) is 18.7 Å². The number of carbonyl (C=O) groups is 1. The molecule has 0 heterocycles. The second kappa shape index (κ2) is 8.84. The number of alkyl halides is 3. The minimum Gasteiger partial charge on any atom is -0.506 e. The van der Waals surface area contributed by atoms with Crippen molar-refractivity contribution in [2.24, 2.45) is 16.3 Å². The van der Waals surface area contributed by atoms with Crippen molar-refractivity contribution >= 4 is 12.5 Å². The van der Waals surface area contributed by atoms with Crippen molar-refractivity contribution in [1.82, 2.24) is 0 Å². The van der Waals surface area contributed by atoms with Crippen LogP contribution in [0.25, 0.3) is 0 Å². The van der Waals surface area contributed by atoms with E-state index in [0.717, 1.165) is 11.6 Å².